The molecule has 1 aromatic carbocycles. The molecule has 2 heterocycles. The zero-order valence-corrected chi connectivity index (χ0v) is 13.9. The predicted molar refractivity (Wildman–Crippen MR) is 89.4 cm³/mol. The summed E-state index contributed by atoms with van der Waals surface area (Å²) in [4.78, 5) is 4.04. The zero-order chi connectivity index (χ0) is 17.8. The Morgan fingerprint density at radius 3 is 2.56 bits per heavy atom. The van der Waals surface area contributed by atoms with Crippen LogP contribution in [0.3, 0.4) is 0 Å². The minimum Gasteiger partial charge on any atom is -0.491 e. The smallest absolute Gasteiger partial charge is 0.416 e. The Hall–Kier alpha value is -2.08. The van der Waals surface area contributed by atoms with E-state index in [0.29, 0.717) is 18.8 Å². The van der Waals surface area contributed by atoms with E-state index >= 15 is 0 Å². The number of rotatable bonds is 5. The summed E-state index contributed by atoms with van der Waals surface area (Å²) in [7, 11) is 0. The van der Waals surface area contributed by atoms with Gasteiger partial charge in [-0.1, -0.05) is 12.1 Å². The van der Waals surface area contributed by atoms with Gasteiger partial charge in [0.25, 0.3) is 0 Å². The van der Waals surface area contributed by atoms with E-state index in [1.54, 1.807) is 24.5 Å². The molecule has 3 nitrogen and oxygen atoms in total. The van der Waals surface area contributed by atoms with Gasteiger partial charge in [0.15, 0.2) is 0 Å². The van der Waals surface area contributed by atoms with Gasteiger partial charge in [-0.15, -0.1) is 0 Å². The van der Waals surface area contributed by atoms with Crippen LogP contribution in [0.25, 0.3) is 0 Å². The standard InChI is InChI=1S/C19H21F3N2O/c20-19(21,22)16-6-4-15(5-7-16)11-18(8-2-10-24-13-18)14-25-17-3-1-9-23-12-17/h1,3-7,9,12,24H,2,8,10-11,13-14H2. The van der Waals surface area contributed by atoms with E-state index in [2.05, 4.69) is 10.3 Å². The van der Waals surface area contributed by atoms with E-state index in [4.69, 9.17) is 4.74 Å². The normalized spacial score (nSPS) is 21.1. The van der Waals surface area contributed by atoms with E-state index in [1.165, 1.54) is 0 Å². The highest BCUT2D eigenvalue weighted by Gasteiger charge is 2.34. The summed E-state index contributed by atoms with van der Waals surface area (Å²) in [5, 5.41) is 3.39. The number of aromatic nitrogens is 1. The number of nitrogens with zero attached hydrogens (tertiary/aromatic N) is 1. The first kappa shape index (κ1) is 17.7. The molecule has 0 spiro atoms. The van der Waals surface area contributed by atoms with Crippen molar-refractivity contribution < 1.29 is 17.9 Å². The minimum absolute atomic E-state index is 0.131. The summed E-state index contributed by atoms with van der Waals surface area (Å²) in [6.45, 7) is 2.25. The van der Waals surface area contributed by atoms with E-state index in [0.717, 1.165) is 43.6 Å². The van der Waals surface area contributed by atoms with E-state index in [-0.39, 0.29) is 5.41 Å². The SMILES string of the molecule is FC(F)(F)c1ccc(CC2(COc3cccnc3)CCCNC2)cc1. The molecule has 1 atom stereocenters. The van der Waals surface area contributed by atoms with Crippen molar-refractivity contribution in [2.24, 2.45) is 5.41 Å². The molecular weight excluding hydrogens is 329 g/mol. The van der Waals surface area contributed by atoms with Gasteiger partial charge in [0.05, 0.1) is 18.4 Å². The molecule has 6 heteroatoms. The molecule has 0 saturated carbocycles. The number of hydrogen-bond acceptors (Lipinski definition) is 3. The van der Waals surface area contributed by atoms with Crippen molar-refractivity contribution in [3.63, 3.8) is 0 Å². The maximum Gasteiger partial charge on any atom is 0.416 e. The summed E-state index contributed by atoms with van der Waals surface area (Å²) in [5.74, 6) is 0.708. The van der Waals surface area contributed by atoms with Crippen LogP contribution < -0.4 is 10.1 Å². The molecule has 0 aliphatic carbocycles. The molecule has 1 aliphatic heterocycles. The third-order valence-corrected chi connectivity index (χ3v) is 4.60. The largest absolute Gasteiger partial charge is 0.491 e. The molecule has 134 valence electrons. The number of halogens is 3. The highest BCUT2D eigenvalue weighted by Crippen LogP contribution is 2.33. The fourth-order valence-corrected chi connectivity index (χ4v) is 3.27. The average Bonchev–Trinajstić information content (AvgIpc) is 2.62. The number of piperidine rings is 1. The first-order valence-electron chi connectivity index (χ1n) is 8.37. The van der Waals surface area contributed by atoms with Crippen molar-refractivity contribution in [1.82, 2.24) is 10.3 Å². The topological polar surface area (TPSA) is 34.1 Å². The molecule has 1 unspecified atom stereocenters. The number of benzene rings is 1. The van der Waals surface area contributed by atoms with Crippen molar-refractivity contribution in [1.29, 1.82) is 0 Å². The van der Waals surface area contributed by atoms with Crippen LogP contribution in [0.4, 0.5) is 13.2 Å². The van der Waals surface area contributed by atoms with Gasteiger partial charge in [-0.3, -0.25) is 4.98 Å². The van der Waals surface area contributed by atoms with Gasteiger partial charge in [0.2, 0.25) is 0 Å². The Morgan fingerprint density at radius 2 is 1.96 bits per heavy atom. The quantitative estimate of drug-likeness (QED) is 0.882. The fourth-order valence-electron chi connectivity index (χ4n) is 3.27. The fraction of sp³-hybridized carbons (Fsp3) is 0.421. The van der Waals surface area contributed by atoms with Gasteiger partial charge in [-0.05, 0) is 55.6 Å². The molecule has 25 heavy (non-hydrogen) atoms. The molecule has 3 rings (SSSR count). The third kappa shape index (κ3) is 4.72. The maximum absolute atomic E-state index is 12.7. The van der Waals surface area contributed by atoms with Crippen LogP contribution in [0.15, 0.2) is 48.8 Å². The Labute approximate surface area is 145 Å². The lowest BCUT2D eigenvalue weighted by Crippen LogP contribution is -2.45. The number of hydrogen-bond donors (Lipinski definition) is 1. The van der Waals surface area contributed by atoms with Gasteiger partial charge in [-0.25, -0.2) is 0 Å². The van der Waals surface area contributed by atoms with Crippen molar-refractivity contribution in [2.45, 2.75) is 25.4 Å². The molecule has 1 aromatic heterocycles. The summed E-state index contributed by atoms with van der Waals surface area (Å²) in [6.07, 6.45) is 1.73. The van der Waals surface area contributed by atoms with Crippen molar-refractivity contribution in [3.8, 4) is 5.75 Å². The lowest BCUT2D eigenvalue weighted by atomic mass is 9.76. The molecule has 0 amide bonds. The molecule has 1 fully saturated rings. The predicted octanol–water partition coefficient (Wildman–Crippen LogP) is 4.09. The first-order valence-corrected chi connectivity index (χ1v) is 8.37. The zero-order valence-electron chi connectivity index (χ0n) is 13.9. The van der Waals surface area contributed by atoms with Crippen LogP contribution in [0, 0.1) is 5.41 Å². The van der Waals surface area contributed by atoms with E-state index in [1.807, 2.05) is 12.1 Å². The van der Waals surface area contributed by atoms with Gasteiger partial charge in [0, 0.05) is 18.2 Å². The summed E-state index contributed by atoms with van der Waals surface area (Å²) < 4.78 is 44.1. The van der Waals surface area contributed by atoms with Crippen LogP contribution in [0.2, 0.25) is 0 Å². The molecule has 2 aromatic rings. The van der Waals surface area contributed by atoms with Gasteiger partial charge in [-0.2, -0.15) is 13.2 Å². The molecule has 0 radical (unpaired) electrons. The highest BCUT2D eigenvalue weighted by molar-refractivity contribution is 5.26. The number of nitrogens with one attached hydrogen (secondary N) is 1. The summed E-state index contributed by atoms with van der Waals surface area (Å²) in [5.41, 5.74) is 0.151. The average molecular weight is 350 g/mol. The van der Waals surface area contributed by atoms with Crippen molar-refractivity contribution in [2.75, 3.05) is 19.7 Å². The Kier molecular flexibility index (Phi) is 5.27. The van der Waals surface area contributed by atoms with Crippen LogP contribution in [-0.2, 0) is 12.6 Å². The molecule has 0 bridgehead atoms. The molecule has 1 N–H and O–H groups in total. The molecule has 1 saturated heterocycles. The summed E-state index contributed by atoms with van der Waals surface area (Å²) in [6, 6.07) is 9.13. The van der Waals surface area contributed by atoms with Crippen LogP contribution in [0.1, 0.15) is 24.0 Å². The van der Waals surface area contributed by atoms with E-state index in [9.17, 15) is 13.2 Å². The minimum atomic E-state index is -4.30. The molecular formula is C19H21F3N2O. The van der Waals surface area contributed by atoms with Crippen LogP contribution >= 0.6 is 0 Å². The van der Waals surface area contributed by atoms with E-state index < -0.39 is 11.7 Å². The van der Waals surface area contributed by atoms with Gasteiger partial charge >= 0.3 is 6.18 Å². The lowest BCUT2D eigenvalue weighted by Gasteiger charge is -2.37. The highest BCUT2D eigenvalue weighted by atomic mass is 19.4. The second-order valence-electron chi connectivity index (χ2n) is 6.63. The third-order valence-electron chi connectivity index (χ3n) is 4.60. The van der Waals surface area contributed by atoms with Crippen LogP contribution in [-0.4, -0.2) is 24.7 Å². The Morgan fingerprint density at radius 1 is 1.16 bits per heavy atom. The monoisotopic (exact) mass is 350 g/mol. The van der Waals surface area contributed by atoms with Gasteiger partial charge in [0.1, 0.15) is 5.75 Å². The number of pyridine rings is 1. The van der Waals surface area contributed by atoms with Gasteiger partial charge < -0.3 is 10.1 Å². The number of ether oxygens (including phenoxy) is 1. The molecule has 1 aliphatic rings. The lowest BCUT2D eigenvalue weighted by molar-refractivity contribution is -0.137. The Balaban J connectivity index is 1.72. The Bertz CT molecular complexity index is 665. The van der Waals surface area contributed by atoms with Crippen LogP contribution in [0.5, 0.6) is 5.75 Å². The second-order valence-corrected chi connectivity index (χ2v) is 6.63. The first-order chi connectivity index (χ1) is 12.0. The van der Waals surface area contributed by atoms with Crippen molar-refractivity contribution in [3.05, 3.63) is 59.9 Å². The maximum atomic E-state index is 12.7. The summed E-state index contributed by atoms with van der Waals surface area (Å²) >= 11 is 0. The number of alkyl halides is 3. The second kappa shape index (κ2) is 7.44. The van der Waals surface area contributed by atoms with Crippen molar-refractivity contribution >= 4 is 0 Å².